The lowest BCUT2D eigenvalue weighted by Gasteiger charge is -2.12. The van der Waals surface area contributed by atoms with Crippen LogP contribution in [0, 0.1) is 21.4 Å². The number of halogens is 1. The van der Waals surface area contributed by atoms with Gasteiger partial charge < -0.3 is 19.9 Å². The molecule has 9 nitrogen and oxygen atoms in total. The van der Waals surface area contributed by atoms with E-state index in [4.69, 9.17) is 9.47 Å². The third-order valence-electron chi connectivity index (χ3n) is 3.66. The van der Waals surface area contributed by atoms with E-state index in [2.05, 4.69) is 21.2 Å². The van der Waals surface area contributed by atoms with Crippen LogP contribution in [0.3, 0.4) is 0 Å². The predicted molar refractivity (Wildman–Crippen MR) is 109 cm³/mol. The summed E-state index contributed by atoms with van der Waals surface area (Å²) in [5.41, 5.74) is -0.146. The van der Waals surface area contributed by atoms with E-state index in [0.29, 0.717) is 28.1 Å². The first-order valence-corrected chi connectivity index (χ1v) is 9.00. The fourth-order valence-electron chi connectivity index (χ4n) is 2.35. The number of benzene rings is 2. The largest absolute Gasteiger partial charge is 0.506 e. The van der Waals surface area contributed by atoms with E-state index < -0.39 is 16.6 Å². The van der Waals surface area contributed by atoms with Crippen molar-refractivity contribution in [2.24, 2.45) is 0 Å². The summed E-state index contributed by atoms with van der Waals surface area (Å²) < 4.78 is 11.4. The average Bonchev–Trinajstić information content (AvgIpc) is 2.69. The highest BCUT2D eigenvalue weighted by molar-refractivity contribution is 9.10. The molecular weight excluding hydrogens is 446 g/mol. The van der Waals surface area contributed by atoms with E-state index in [1.165, 1.54) is 19.3 Å². The van der Waals surface area contributed by atoms with Crippen molar-refractivity contribution < 1.29 is 24.3 Å². The van der Waals surface area contributed by atoms with Gasteiger partial charge in [-0.25, -0.2) is 0 Å². The Hall–Kier alpha value is -3.58. The Kier molecular flexibility index (Phi) is 7.16. The number of nitro groups is 1. The van der Waals surface area contributed by atoms with Crippen LogP contribution in [0.25, 0.3) is 6.08 Å². The number of hydrogen-bond donors (Lipinski definition) is 2. The highest BCUT2D eigenvalue weighted by atomic mass is 79.9. The van der Waals surface area contributed by atoms with Crippen LogP contribution in [-0.2, 0) is 4.79 Å². The molecule has 2 aromatic rings. The molecule has 0 saturated carbocycles. The van der Waals surface area contributed by atoms with Gasteiger partial charge in [0.25, 0.3) is 11.6 Å². The fraction of sp³-hybridized carbons (Fsp3) is 0.158. The highest BCUT2D eigenvalue weighted by Crippen LogP contribution is 2.37. The zero-order valence-corrected chi connectivity index (χ0v) is 17.0. The maximum atomic E-state index is 12.4. The van der Waals surface area contributed by atoms with Crippen LogP contribution >= 0.6 is 15.9 Å². The molecule has 0 aliphatic carbocycles. The van der Waals surface area contributed by atoms with Gasteiger partial charge in [-0.05, 0) is 52.7 Å². The summed E-state index contributed by atoms with van der Waals surface area (Å²) in [4.78, 5) is 22.5. The maximum absolute atomic E-state index is 12.4. The van der Waals surface area contributed by atoms with Gasteiger partial charge in [-0.2, -0.15) is 5.26 Å². The van der Waals surface area contributed by atoms with Gasteiger partial charge >= 0.3 is 0 Å². The number of amides is 1. The molecule has 0 fully saturated rings. The van der Waals surface area contributed by atoms with E-state index in [-0.39, 0.29) is 16.9 Å². The molecular formula is C19H16BrN3O6. The molecule has 29 heavy (non-hydrogen) atoms. The molecule has 2 rings (SSSR count). The van der Waals surface area contributed by atoms with Gasteiger partial charge in [0.1, 0.15) is 17.4 Å². The summed E-state index contributed by atoms with van der Waals surface area (Å²) in [6, 6.07) is 8.25. The van der Waals surface area contributed by atoms with Crippen molar-refractivity contribution in [1.29, 1.82) is 5.26 Å². The Labute approximate surface area is 174 Å². The molecule has 0 spiro atoms. The summed E-state index contributed by atoms with van der Waals surface area (Å²) in [7, 11) is 1.47. The number of nitrogens with one attached hydrogen (secondary N) is 1. The SMILES string of the molecule is CCOc1c(Br)cc(/C=C(\C#N)C(=O)Nc2ccc([N+](=O)[O-])cc2O)cc1OC. The molecule has 0 heterocycles. The third-order valence-corrected chi connectivity index (χ3v) is 4.25. The number of rotatable bonds is 7. The Balaban J connectivity index is 2.32. The van der Waals surface area contributed by atoms with E-state index >= 15 is 0 Å². The van der Waals surface area contributed by atoms with Gasteiger partial charge in [0.2, 0.25) is 0 Å². The first kappa shape index (κ1) is 21.7. The van der Waals surface area contributed by atoms with Crippen molar-refractivity contribution in [3.63, 3.8) is 0 Å². The second-order valence-electron chi connectivity index (χ2n) is 5.55. The number of carbonyl (C=O) groups is 1. The van der Waals surface area contributed by atoms with Crippen LogP contribution in [0.5, 0.6) is 17.2 Å². The molecule has 0 saturated heterocycles. The van der Waals surface area contributed by atoms with Crippen molar-refractivity contribution in [1.82, 2.24) is 0 Å². The minimum Gasteiger partial charge on any atom is -0.506 e. The van der Waals surface area contributed by atoms with E-state index in [1.54, 1.807) is 18.2 Å². The zero-order valence-electron chi connectivity index (χ0n) is 15.4. The summed E-state index contributed by atoms with van der Waals surface area (Å²) in [6.45, 7) is 2.25. The van der Waals surface area contributed by atoms with Gasteiger partial charge in [-0.15, -0.1) is 0 Å². The maximum Gasteiger partial charge on any atom is 0.273 e. The Bertz CT molecular complexity index is 1030. The molecule has 0 radical (unpaired) electrons. The summed E-state index contributed by atoms with van der Waals surface area (Å²) >= 11 is 3.36. The van der Waals surface area contributed by atoms with Crippen LogP contribution in [0.1, 0.15) is 12.5 Å². The molecule has 0 atom stereocenters. The smallest absolute Gasteiger partial charge is 0.273 e. The monoisotopic (exact) mass is 461 g/mol. The van der Waals surface area contributed by atoms with Crippen molar-refractivity contribution in [3.8, 4) is 23.3 Å². The number of nitro benzene ring substituents is 1. The van der Waals surface area contributed by atoms with E-state index in [0.717, 1.165) is 12.1 Å². The first-order valence-electron chi connectivity index (χ1n) is 8.21. The van der Waals surface area contributed by atoms with Crippen molar-refractivity contribution in [2.45, 2.75) is 6.92 Å². The van der Waals surface area contributed by atoms with Crippen molar-refractivity contribution in [3.05, 3.63) is 56.1 Å². The minimum atomic E-state index is -0.791. The minimum absolute atomic E-state index is 0.0628. The summed E-state index contributed by atoms with van der Waals surface area (Å²) in [6.07, 6.45) is 1.33. The number of anilines is 1. The quantitative estimate of drug-likeness (QED) is 0.209. The molecule has 10 heteroatoms. The number of nitriles is 1. The topological polar surface area (TPSA) is 135 Å². The van der Waals surface area contributed by atoms with Crippen LogP contribution in [-0.4, -0.2) is 29.7 Å². The number of carbonyl (C=O) groups excluding carboxylic acids is 1. The number of phenols is 1. The number of ether oxygens (including phenoxy) is 2. The lowest BCUT2D eigenvalue weighted by molar-refractivity contribution is -0.384. The van der Waals surface area contributed by atoms with E-state index in [9.17, 15) is 25.3 Å². The number of methoxy groups -OCH3 is 1. The van der Waals surface area contributed by atoms with E-state index in [1.807, 2.05) is 6.92 Å². The lowest BCUT2D eigenvalue weighted by atomic mass is 10.1. The molecule has 0 aromatic heterocycles. The molecule has 0 aliphatic rings. The van der Waals surface area contributed by atoms with Crippen molar-refractivity contribution in [2.75, 3.05) is 19.0 Å². The van der Waals surface area contributed by atoms with Gasteiger partial charge in [0.15, 0.2) is 11.5 Å². The normalized spacial score (nSPS) is 10.8. The Morgan fingerprint density at radius 1 is 1.41 bits per heavy atom. The molecule has 1 amide bonds. The number of nitrogens with zero attached hydrogens (tertiary/aromatic N) is 2. The summed E-state index contributed by atoms with van der Waals surface area (Å²) in [5.74, 6) is -0.375. The van der Waals surface area contributed by atoms with Crippen molar-refractivity contribution >= 4 is 39.3 Å². The number of phenolic OH excluding ortho intramolecular Hbond substituents is 1. The third kappa shape index (κ3) is 5.24. The molecule has 0 bridgehead atoms. The molecule has 2 N–H and O–H groups in total. The second kappa shape index (κ2) is 9.57. The highest BCUT2D eigenvalue weighted by Gasteiger charge is 2.16. The zero-order chi connectivity index (χ0) is 21.6. The second-order valence-corrected chi connectivity index (χ2v) is 6.40. The van der Waals surface area contributed by atoms with Gasteiger partial charge in [-0.1, -0.05) is 0 Å². The first-order chi connectivity index (χ1) is 13.8. The van der Waals surface area contributed by atoms with Gasteiger partial charge in [0, 0.05) is 6.07 Å². The van der Waals surface area contributed by atoms with Gasteiger partial charge in [-0.3, -0.25) is 14.9 Å². The van der Waals surface area contributed by atoms with Crippen LogP contribution in [0.2, 0.25) is 0 Å². The van der Waals surface area contributed by atoms with Crippen LogP contribution in [0.15, 0.2) is 40.4 Å². The van der Waals surface area contributed by atoms with Gasteiger partial charge in [0.05, 0.1) is 34.9 Å². The standard InChI is InChI=1S/C19H16BrN3O6/c1-3-29-18-14(20)7-11(8-17(18)28-2)6-12(10-21)19(25)22-15-5-4-13(23(26)27)9-16(15)24/h4-9,24H,3H2,1-2H3,(H,22,25)/b12-6+. The lowest BCUT2D eigenvalue weighted by Crippen LogP contribution is -2.13. The summed E-state index contributed by atoms with van der Waals surface area (Å²) in [5, 5.41) is 32.3. The van der Waals surface area contributed by atoms with Crippen LogP contribution in [0.4, 0.5) is 11.4 Å². The molecule has 2 aromatic carbocycles. The number of hydrogen-bond acceptors (Lipinski definition) is 7. The van der Waals surface area contributed by atoms with Crippen LogP contribution < -0.4 is 14.8 Å². The fourth-order valence-corrected chi connectivity index (χ4v) is 2.93. The average molecular weight is 462 g/mol. The predicted octanol–water partition coefficient (Wildman–Crippen LogP) is 4.02. The molecule has 150 valence electrons. The number of aromatic hydroxyl groups is 1. The molecule has 0 aliphatic heterocycles. The number of non-ortho nitro benzene ring substituents is 1. The molecule has 0 unspecified atom stereocenters. The Morgan fingerprint density at radius 3 is 2.69 bits per heavy atom. The Morgan fingerprint density at radius 2 is 2.14 bits per heavy atom.